The third-order valence-electron chi connectivity index (χ3n) is 3.93. The minimum absolute atomic E-state index is 0. The number of aromatic nitrogens is 2. The molecule has 0 aromatic carbocycles. The van der Waals surface area contributed by atoms with Crippen LogP contribution in [0.5, 0.6) is 0 Å². The van der Waals surface area contributed by atoms with Crippen molar-refractivity contribution in [1.29, 1.82) is 0 Å². The van der Waals surface area contributed by atoms with E-state index in [0.717, 1.165) is 4.68 Å². The first kappa shape index (κ1) is 23.3. The molecule has 1 aliphatic heterocycles. The molecule has 1 N–H and O–H groups in total. The summed E-state index contributed by atoms with van der Waals surface area (Å²) in [6, 6.07) is 0. The van der Waals surface area contributed by atoms with E-state index in [1.54, 1.807) is 18.9 Å². The van der Waals surface area contributed by atoms with Crippen LogP contribution in [0.2, 0.25) is 0 Å². The highest BCUT2D eigenvalue weighted by atomic mass is 127. The van der Waals surface area contributed by atoms with Crippen LogP contribution in [0.4, 0.5) is 18.0 Å². The van der Waals surface area contributed by atoms with Crippen molar-refractivity contribution in [2.24, 2.45) is 12.0 Å². The monoisotopic (exact) mass is 504 g/mol. The Hall–Kier alpha value is -1.73. The Labute approximate surface area is 172 Å². The zero-order valence-electron chi connectivity index (χ0n) is 15.4. The summed E-state index contributed by atoms with van der Waals surface area (Å²) in [4.78, 5) is 19.3. The molecular weight excluding hydrogens is 480 g/mol. The minimum atomic E-state index is -4.51. The number of aryl methyl sites for hydroxylation is 1. The maximum Gasteiger partial charge on any atom is 0.435 e. The predicted octanol–water partition coefficient (Wildman–Crippen LogP) is 1.91. The second kappa shape index (κ2) is 9.99. The van der Waals surface area contributed by atoms with Crippen LogP contribution in [-0.4, -0.2) is 71.5 Å². The summed E-state index contributed by atoms with van der Waals surface area (Å²) in [5.74, 6) is 0.477. The number of nitrogens with zero attached hydrogens (tertiary/aromatic N) is 5. The van der Waals surface area contributed by atoms with Gasteiger partial charge >= 0.3 is 12.3 Å². The number of rotatable bonds is 3. The van der Waals surface area contributed by atoms with E-state index in [1.807, 2.05) is 4.90 Å². The molecule has 8 nitrogen and oxygen atoms in total. The van der Waals surface area contributed by atoms with Crippen LogP contribution in [0.25, 0.3) is 0 Å². The van der Waals surface area contributed by atoms with Gasteiger partial charge in [-0.05, 0) is 6.92 Å². The number of carbonyl (C=O) groups is 1. The number of nitrogens with one attached hydrogen (secondary N) is 1. The number of carbonyl (C=O) groups excluding carboxylic acids is 1. The van der Waals surface area contributed by atoms with Crippen LogP contribution < -0.4 is 5.32 Å². The number of hydrogen-bond acceptors (Lipinski definition) is 4. The standard InChI is InChI=1S/C15H23F3N6O2.HI/c1-4-26-14(25)24-7-5-23(6-8-24)13(19-2)20-9-11-10-22(3)21-12(11)15(16,17)18;/h10H,4-9H2,1-3H3,(H,19,20);1H. The fourth-order valence-electron chi connectivity index (χ4n) is 2.73. The van der Waals surface area contributed by atoms with E-state index < -0.39 is 11.9 Å². The van der Waals surface area contributed by atoms with E-state index in [-0.39, 0.29) is 42.2 Å². The smallest absolute Gasteiger partial charge is 0.435 e. The van der Waals surface area contributed by atoms with Crippen molar-refractivity contribution < 1.29 is 22.7 Å². The highest BCUT2D eigenvalue weighted by Gasteiger charge is 2.37. The summed E-state index contributed by atoms with van der Waals surface area (Å²) < 4.78 is 45.1. The summed E-state index contributed by atoms with van der Waals surface area (Å²) in [5.41, 5.74) is -0.860. The zero-order valence-corrected chi connectivity index (χ0v) is 17.7. The van der Waals surface area contributed by atoms with Gasteiger partial charge in [-0.3, -0.25) is 9.67 Å². The lowest BCUT2D eigenvalue weighted by atomic mass is 10.2. The molecule has 0 bridgehead atoms. The Bertz CT molecular complexity index is 656. The molecule has 1 fully saturated rings. The number of amides is 1. The summed E-state index contributed by atoms with van der Waals surface area (Å²) in [7, 11) is 3.01. The highest BCUT2D eigenvalue weighted by Crippen LogP contribution is 2.30. The minimum Gasteiger partial charge on any atom is -0.450 e. The molecule has 27 heavy (non-hydrogen) atoms. The largest absolute Gasteiger partial charge is 0.450 e. The molecule has 1 aliphatic rings. The van der Waals surface area contributed by atoms with Crippen molar-refractivity contribution in [2.75, 3.05) is 39.8 Å². The van der Waals surface area contributed by atoms with Gasteiger partial charge in [0, 0.05) is 58.6 Å². The van der Waals surface area contributed by atoms with Crippen molar-refractivity contribution in [3.63, 3.8) is 0 Å². The summed E-state index contributed by atoms with van der Waals surface area (Å²) >= 11 is 0. The van der Waals surface area contributed by atoms with Crippen molar-refractivity contribution in [1.82, 2.24) is 24.9 Å². The molecule has 154 valence electrons. The number of ether oxygens (including phenoxy) is 1. The van der Waals surface area contributed by atoms with Crippen LogP contribution >= 0.6 is 24.0 Å². The zero-order chi connectivity index (χ0) is 19.3. The Balaban J connectivity index is 0.00000364. The number of aliphatic imine (C=N–C) groups is 1. The highest BCUT2D eigenvalue weighted by molar-refractivity contribution is 14.0. The lowest BCUT2D eigenvalue weighted by Crippen LogP contribution is -2.53. The van der Waals surface area contributed by atoms with Crippen LogP contribution in [0, 0.1) is 0 Å². The van der Waals surface area contributed by atoms with Crippen molar-refractivity contribution in [3.8, 4) is 0 Å². The molecule has 12 heteroatoms. The van der Waals surface area contributed by atoms with Crippen molar-refractivity contribution in [3.05, 3.63) is 17.5 Å². The molecule has 0 atom stereocenters. The quantitative estimate of drug-likeness (QED) is 0.387. The number of alkyl halides is 3. The molecule has 1 amide bonds. The number of piperazine rings is 1. The fourth-order valence-corrected chi connectivity index (χ4v) is 2.73. The van der Waals surface area contributed by atoms with E-state index in [0.29, 0.717) is 38.7 Å². The summed E-state index contributed by atoms with van der Waals surface area (Å²) in [6.45, 7) is 3.95. The second-order valence-electron chi connectivity index (χ2n) is 5.75. The van der Waals surface area contributed by atoms with Gasteiger partial charge in [0.15, 0.2) is 11.7 Å². The van der Waals surface area contributed by atoms with Gasteiger partial charge < -0.3 is 19.9 Å². The SMILES string of the molecule is CCOC(=O)N1CCN(C(=NC)NCc2cn(C)nc2C(F)(F)F)CC1.I. The molecule has 0 saturated carbocycles. The van der Waals surface area contributed by atoms with E-state index in [9.17, 15) is 18.0 Å². The molecule has 2 heterocycles. The molecule has 0 unspecified atom stereocenters. The topological polar surface area (TPSA) is 75.0 Å². The molecule has 0 spiro atoms. The lowest BCUT2D eigenvalue weighted by Gasteiger charge is -2.35. The van der Waals surface area contributed by atoms with E-state index >= 15 is 0 Å². The number of hydrogen-bond donors (Lipinski definition) is 1. The van der Waals surface area contributed by atoms with Gasteiger partial charge in [-0.25, -0.2) is 4.79 Å². The molecule has 1 aromatic rings. The molecule has 1 aromatic heterocycles. The summed E-state index contributed by atoms with van der Waals surface area (Å²) in [5, 5.41) is 6.42. The Morgan fingerprint density at radius 2 is 1.89 bits per heavy atom. The normalized spacial score (nSPS) is 15.4. The predicted molar refractivity (Wildman–Crippen MR) is 104 cm³/mol. The third-order valence-corrected chi connectivity index (χ3v) is 3.93. The maximum atomic E-state index is 13.0. The first-order chi connectivity index (χ1) is 12.3. The van der Waals surface area contributed by atoms with Gasteiger partial charge in [0.1, 0.15) is 0 Å². The second-order valence-corrected chi connectivity index (χ2v) is 5.75. The van der Waals surface area contributed by atoms with Gasteiger partial charge in [-0.15, -0.1) is 24.0 Å². The van der Waals surface area contributed by atoms with Crippen LogP contribution in [0.1, 0.15) is 18.2 Å². The average molecular weight is 504 g/mol. The Morgan fingerprint density at radius 1 is 1.30 bits per heavy atom. The van der Waals surface area contributed by atoms with E-state index in [1.165, 1.54) is 13.2 Å². The van der Waals surface area contributed by atoms with Gasteiger partial charge in [0.25, 0.3) is 0 Å². The first-order valence-electron chi connectivity index (χ1n) is 8.23. The number of halogens is 4. The molecule has 0 aliphatic carbocycles. The molecule has 1 saturated heterocycles. The Kier molecular flexibility index (Phi) is 8.62. The van der Waals surface area contributed by atoms with Gasteiger partial charge in [0.05, 0.1) is 6.61 Å². The first-order valence-corrected chi connectivity index (χ1v) is 8.23. The average Bonchev–Trinajstić information content (AvgIpc) is 2.97. The van der Waals surface area contributed by atoms with Gasteiger partial charge in [0.2, 0.25) is 0 Å². The lowest BCUT2D eigenvalue weighted by molar-refractivity contribution is -0.142. The maximum absolute atomic E-state index is 13.0. The molecule has 2 rings (SSSR count). The van der Waals surface area contributed by atoms with Crippen LogP contribution in [-0.2, 0) is 24.5 Å². The molecular formula is C15H24F3IN6O2. The molecule has 0 radical (unpaired) electrons. The van der Waals surface area contributed by atoms with Crippen molar-refractivity contribution in [2.45, 2.75) is 19.6 Å². The van der Waals surface area contributed by atoms with Gasteiger partial charge in [-0.2, -0.15) is 18.3 Å². The summed E-state index contributed by atoms with van der Waals surface area (Å²) in [6.07, 6.45) is -3.53. The van der Waals surface area contributed by atoms with Crippen LogP contribution in [0.15, 0.2) is 11.2 Å². The third kappa shape index (κ3) is 6.14. The van der Waals surface area contributed by atoms with Gasteiger partial charge in [-0.1, -0.05) is 0 Å². The van der Waals surface area contributed by atoms with Crippen LogP contribution in [0.3, 0.4) is 0 Å². The Morgan fingerprint density at radius 3 is 2.41 bits per heavy atom. The fraction of sp³-hybridized carbons (Fsp3) is 0.667. The van der Waals surface area contributed by atoms with Crippen molar-refractivity contribution >= 4 is 36.0 Å². The van der Waals surface area contributed by atoms with E-state index in [2.05, 4.69) is 15.4 Å². The number of guanidine groups is 1. The van der Waals surface area contributed by atoms with E-state index in [4.69, 9.17) is 4.74 Å².